The quantitative estimate of drug-likeness (QED) is 0.157. The Kier molecular flexibility index (Phi) is 34.8. The molecule has 8 aromatic carbocycles. The first kappa shape index (κ1) is 109. The van der Waals surface area contributed by atoms with E-state index in [0.717, 1.165) is 66.1 Å². The summed E-state index contributed by atoms with van der Waals surface area (Å²) in [5, 5.41) is 4.94. The van der Waals surface area contributed by atoms with Crippen molar-refractivity contribution in [2.24, 2.45) is 0 Å². The summed E-state index contributed by atoms with van der Waals surface area (Å²) in [6.45, 7) is 69.1. The van der Waals surface area contributed by atoms with Crippen LogP contribution in [0.3, 0.4) is 0 Å². The monoisotopic (exact) mass is 1900 g/mol. The van der Waals surface area contributed by atoms with E-state index in [0.29, 0.717) is 0 Å². The molecule has 6 aliphatic carbocycles. The van der Waals surface area contributed by atoms with Crippen LogP contribution in [0.1, 0.15) is 336 Å². The molecule has 0 bridgehead atoms. The fourth-order valence-corrected chi connectivity index (χ4v) is 17.1. The lowest BCUT2D eigenvalue weighted by Crippen LogP contribution is -2.12. The first-order valence-electron chi connectivity index (χ1n) is 51.6. The summed E-state index contributed by atoms with van der Waals surface area (Å²) in [5.74, 6) is 0. The zero-order valence-electron chi connectivity index (χ0n) is 92.2. The third kappa shape index (κ3) is 31.0. The molecule has 0 atom stereocenters. The number of H-pyrrole nitrogens is 2. The van der Waals surface area contributed by atoms with E-state index in [1.54, 1.807) is 0 Å². The minimum absolute atomic E-state index is 0.173. The number of hydrogen-bond donors (Lipinski definition) is 2. The van der Waals surface area contributed by atoms with E-state index in [2.05, 4.69) is 509 Å². The van der Waals surface area contributed by atoms with Gasteiger partial charge in [-0.15, -0.1) is 0 Å². The summed E-state index contributed by atoms with van der Waals surface area (Å²) in [6, 6.07) is 76.2. The highest BCUT2D eigenvalue weighted by molar-refractivity contribution is 5.83. The Labute approximate surface area is 859 Å². The molecule has 16 aromatic rings. The van der Waals surface area contributed by atoms with E-state index in [1.807, 2.05) is 79.9 Å². The number of aryl methyl sites for hydroxylation is 1. The van der Waals surface area contributed by atoms with Crippen LogP contribution in [0.25, 0.3) is 91.1 Å². The van der Waals surface area contributed by atoms with Gasteiger partial charge in [0.2, 0.25) is 0 Å². The topological polar surface area (TPSA) is 109 Å². The predicted octanol–water partition coefficient (Wildman–Crippen LogP) is 36.0. The zero-order valence-corrected chi connectivity index (χ0v) is 92.2. The van der Waals surface area contributed by atoms with Crippen LogP contribution >= 0.6 is 0 Å². The second-order valence-electron chi connectivity index (χ2n) is 49.3. The van der Waals surface area contributed by atoms with Crippen LogP contribution in [0, 0.1) is 6.92 Å². The number of para-hydroxylation sites is 1. The van der Waals surface area contributed by atoms with E-state index in [1.165, 1.54) is 155 Å². The van der Waals surface area contributed by atoms with Crippen molar-refractivity contribution in [3.63, 3.8) is 0 Å². The van der Waals surface area contributed by atoms with E-state index < -0.39 is 0 Å². The van der Waals surface area contributed by atoms with Crippen molar-refractivity contribution in [1.82, 2.24) is 39.9 Å². The van der Waals surface area contributed by atoms with Crippen molar-refractivity contribution in [1.29, 1.82) is 0 Å². The Balaban J connectivity index is 0.000000140. The van der Waals surface area contributed by atoms with Gasteiger partial charge in [0.1, 0.15) is 0 Å². The molecule has 0 amide bonds. The van der Waals surface area contributed by atoms with Crippen LogP contribution < -0.4 is 0 Å². The molecule has 0 radical (unpaired) electrons. The standard InChI is InChI=1S/3C13H15N.4C13H16.2C12H15N.C11H14N2.C9H9N/c1-13(2,3)11-6-7-12-10(9-11)5-4-8-14-12;1-13(2,3)11-7-6-10-5-4-8-14-12(10)9-11;1-13(2,3)11-8-10-6-4-5-7-12(10)14-9-11;4*1-13(2,3)12-8-7-10-5-4-6-11(10)9-12;1-12(2,3)10-5-4-9-6-7-13-11(9)8-10;1-12(2,3)10-7-9-5-4-6-11(9)13-8-10;1-11(2,3)8-6-10-9(13-7-8)4-5-12-10;1-7-5-8-3-2-4-9(8)10-6-7/h3*4-9H,1-3H3;3*4,6-9H,5H2,1-3H3;4-5,7-9H,6H2,1-3H3;4-8,13H,1-3H3;4-5,7-8H,6H2,1-3H3;4-7,12H,1-3H3;2-3,5-6H,4H2,1H3. The van der Waals surface area contributed by atoms with Crippen LogP contribution in [0.4, 0.5) is 0 Å². The molecule has 2 N–H and O–H groups in total. The third-order valence-electron chi connectivity index (χ3n) is 26.9. The van der Waals surface area contributed by atoms with E-state index in [-0.39, 0.29) is 54.1 Å². The van der Waals surface area contributed by atoms with Gasteiger partial charge in [-0.3, -0.25) is 29.9 Å². The molecule has 0 unspecified atom stereocenters. The van der Waals surface area contributed by atoms with E-state index in [9.17, 15) is 0 Å². The third-order valence-corrected chi connectivity index (χ3v) is 26.9. The lowest BCUT2D eigenvalue weighted by atomic mass is 9.85. The largest absolute Gasteiger partial charge is 0.361 e. The van der Waals surface area contributed by atoms with Gasteiger partial charge < -0.3 is 9.97 Å². The summed E-state index contributed by atoms with van der Waals surface area (Å²) in [6.07, 6.45) is 48.3. The fraction of sp³-hybridized carbons (Fsp3) is 0.348. The minimum atomic E-state index is 0.173. The Morgan fingerprint density at radius 3 is 1.05 bits per heavy atom. The van der Waals surface area contributed by atoms with Gasteiger partial charge in [-0.1, -0.05) is 414 Å². The lowest BCUT2D eigenvalue weighted by molar-refractivity contribution is 0.586. The van der Waals surface area contributed by atoms with Gasteiger partial charge >= 0.3 is 0 Å². The summed E-state index contributed by atoms with van der Waals surface area (Å²) < 4.78 is 0. The van der Waals surface area contributed by atoms with Crippen molar-refractivity contribution < 1.29 is 0 Å². The number of pyridine rings is 6. The number of nitrogens with one attached hydrogen (secondary N) is 2. The Morgan fingerprint density at radius 2 is 0.531 bits per heavy atom. The van der Waals surface area contributed by atoms with Gasteiger partial charge in [0.15, 0.2) is 0 Å². The van der Waals surface area contributed by atoms with Crippen LogP contribution in [-0.4, -0.2) is 39.9 Å². The summed E-state index contributed by atoms with van der Waals surface area (Å²) >= 11 is 0. The smallest absolute Gasteiger partial charge is 0.0878 e. The highest BCUT2D eigenvalue weighted by atomic mass is 14.8. The van der Waals surface area contributed by atoms with Gasteiger partial charge in [0, 0.05) is 84.1 Å². The minimum Gasteiger partial charge on any atom is -0.361 e. The van der Waals surface area contributed by atoms with E-state index in [4.69, 9.17) is 0 Å². The number of fused-ring (bicyclic) bond motifs is 11. The highest BCUT2D eigenvalue weighted by Crippen LogP contribution is 2.37. The number of rotatable bonds is 0. The van der Waals surface area contributed by atoms with E-state index >= 15 is 0 Å². The normalized spacial score (nSPS) is 13.4. The molecule has 8 heteroatoms. The second kappa shape index (κ2) is 45.7. The van der Waals surface area contributed by atoms with Gasteiger partial charge in [0.05, 0.1) is 39.0 Å². The molecule has 8 nitrogen and oxygen atoms in total. The number of benzene rings is 8. The number of hydrogen-bond acceptors (Lipinski definition) is 6. The van der Waals surface area contributed by atoms with Crippen LogP contribution in [0.2, 0.25) is 0 Å². The van der Waals surface area contributed by atoms with Gasteiger partial charge in [-0.05, 0) is 288 Å². The fourth-order valence-electron chi connectivity index (χ4n) is 17.1. The first-order valence-corrected chi connectivity index (χ1v) is 51.6. The van der Waals surface area contributed by atoms with Crippen molar-refractivity contribution >= 4 is 91.1 Å². The Morgan fingerprint density at radius 1 is 0.203 bits per heavy atom. The molecule has 8 aromatic heterocycles. The van der Waals surface area contributed by atoms with Crippen LogP contribution in [-0.2, 0) is 92.7 Å². The SMILES string of the molecule is CC(C)(C)c1ccc2c(c1)C=CC2.CC(C)(C)c1ccc2c(c1)C=CC2.CC(C)(C)c1ccc2c(c1)C=CC2.CC(C)(C)c1ccc2c(c1)CC=C2.CC(C)(C)c1ccc2cc[nH]c2c1.CC(C)(C)c1ccc2cccnc2c1.CC(C)(C)c1ccc2ncccc2c1.CC(C)(C)c1cnc2c(c1)C=CC2.CC(C)(C)c1cnc2cc[nH]c2c1.CC(C)(C)c1cnc2ccccc2c1.Cc1cnc2c(c1)C=CC2. The Hall–Kier alpha value is -13.0. The molecule has 22 rings (SSSR count). The molecule has 8 heterocycles. The van der Waals surface area contributed by atoms with Gasteiger partial charge in [0.25, 0.3) is 0 Å². The Bertz CT molecular complexity index is 6640. The highest BCUT2D eigenvalue weighted by Gasteiger charge is 2.25. The number of aromatic nitrogens is 8. The molecule has 742 valence electrons. The molecule has 0 fully saturated rings. The maximum Gasteiger partial charge on any atom is 0.0878 e. The zero-order chi connectivity index (χ0) is 104. The maximum absolute atomic E-state index is 4.46. The molecule has 6 aliphatic rings. The summed E-state index contributed by atoms with van der Waals surface area (Å²) in [7, 11) is 0. The maximum atomic E-state index is 4.46. The molecule has 0 saturated heterocycles. The van der Waals surface area contributed by atoms with Crippen LogP contribution in [0.5, 0.6) is 0 Å². The van der Waals surface area contributed by atoms with Crippen molar-refractivity contribution in [3.05, 3.63) is 427 Å². The molecule has 0 spiro atoms. The second-order valence-corrected chi connectivity index (χ2v) is 49.3. The van der Waals surface area contributed by atoms with Gasteiger partial charge in [-0.2, -0.15) is 0 Å². The summed E-state index contributed by atoms with van der Waals surface area (Å²) in [4.78, 5) is 32.6. The molecular formula is C135H162N8. The number of allylic oxidation sites excluding steroid dienone is 6. The predicted molar refractivity (Wildman–Crippen MR) is 622 cm³/mol. The average molecular weight is 1900 g/mol. The van der Waals surface area contributed by atoms with Crippen molar-refractivity contribution in [2.45, 2.75) is 307 Å². The molecule has 143 heavy (non-hydrogen) atoms. The van der Waals surface area contributed by atoms with Crippen molar-refractivity contribution in [2.75, 3.05) is 0 Å². The van der Waals surface area contributed by atoms with Gasteiger partial charge in [-0.25, -0.2) is 0 Å². The number of nitrogens with zero attached hydrogens (tertiary/aromatic N) is 6. The lowest BCUT2D eigenvalue weighted by Gasteiger charge is -2.19. The summed E-state index contributed by atoms with van der Waals surface area (Å²) in [5.41, 5.74) is 40.3. The molecule has 0 saturated carbocycles. The van der Waals surface area contributed by atoms with Crippen LogP contribution in [0.15, 0.2) is 298 Å². The number of aromatic amines is 2. The molecular weight excluding hydrogens is 1730 g/mol. The average Bonchev–Trinajstić information content (AvgIpc) is 0.956. The van der Waals surface area contributed by atoms with Crippen molar-refractivity contribution in [3.8, 4) is 0 Å². The molecule has 0 aliphatic heterocycles. The first-order chi connectivity index (χ1) is 67.1.